The normalized spacial score (nSPS) is 13.8. The number of benzene rings is 10. The van der Waals surface area contributed by atoms with Gasteiger partial charge in [0.1, 0.15) is 24.7 Å². The van der Waals surface area contributed by atoms with E-state index in [0.29, 0.717) is 0 Å². The van der Waals surface area contributed by atoms with Crippen molar-refractivity contribution in [3.63, 3.8) is 0 Å². The van der Waals surface area contributed by atoms with Gasteiger partial charge < -0.3 is 19.7 Å². The number of rotatable bonds is 11. The van der Waals surface area contributed by atoms with Crippen molar-refractivity contribution >= 4 is 21.5 Å². The van der Waals surface area contributed by atoms with Crippen molar-refractivity contribution in [1.82, 2.24) is 0 Å². The van der Waals surface area contributed by atoms with Crippen molar-refractivity contribution in [2.75, 3.05) is 26.4 Å². The number of hydrogen-bond acceptors (Lipinski definition) is 4. The molecule has 12 rings (SSSR count). The monoisotopic (exact) mass is 854 g/mol. The molecule has 0 heterocycles. The van der Waals surface area contributed by atoms with E-state index in [4.69, 9.17) is 9.47 Å². The topological polar surface area (TPSA) is 58.9 Å². The van der Waals surface area contributed by atoms with Crippen LogP contribution >= 0.6 is 0 Å². The summed E-state index contributed by atoms with van der Waals surface area (Å²) < 4.78 is 11.6. The number of aliphatic hydroxyl groups is 2. The van der Waals surface area contributed by atoms with Crippen molar-refractivity contribution in [3.05, 3.63) is 263 Å². The average molecular weight is 855 g/mol. The van der Waals surface area contributed by atoms with Gasteiger partial charge in [-0.05, 0) is 136 Å². The number of aliphatic hydroxyl groups excluding tert-OH is 2. The van der Waals surface area contributed by atoms with Crippen LogP contribution in [0.4, 0.5) is 0 Å². The van der Waals surface area contributed by atoms with Crippen molar-refractivity contribution in [3.8, 4) is 44.9 Å². The quantitative estimate of drug-likeness (QED) is 0.136. The number of ether oxygens (including phenoxy) is 2. The Hall–Kier alpha value is -7.76. The van der Waals surface area contributed by atoms with Crippen LogP contribution in [0.5, 0.6) is 11.5 Å². The van der Waals surface area contributed by atoms with E-state index < -0.39 is 10.8 Å². The average Bonchev–Trinajstić information content (AvgIpc) is 3.86. The zero-order valence-electron chi connectivity index (χ0n) is 36.3. The molecule has 0 fully saturated rings. The second kappa shape index (κ2) is 16.0. The fourth-order valence-corrected chi connectivity index (χ4v) is 11.3. The highest BCUT2D eigenvalue weighted by atomic mass is 16.5. The molecule has 318 valence electrons. The Morgan fingerprint density at radius 1 is 0.303 bits per heavy atom. The summed E-state index contributed by atoms with van der Waals surface area (Å²) in [5.41, 5.74) is 16.2. The molecule has 0 saturated heterocycles. The van der Waals surface area contributed by atoms with E-state index in [2.05, 4.69) is 206 Å². The van der Waals surface area contributed by atoms with Gasteiger partial charge in [-0.15, -0.1) is 0 Å². The molecule has 2 aliphatic carbocycles. The Morgan fingerprint density at radius 3 is 0.955 bits per heavy atom. The Bertz CT molecular complexity index is 3140. The molecule has 0 spiro atoms. The van der Waals surface area contributed by atoms with Crippen LogP contribution < -0.4 is 9.47 Å². The first-order valence-corrected chi connectivity index (χ1v) is 22.8. The van der Waals surface area contributed by atoms with Crippen molar-refractivity contribution in [1.29, 1.82) is 0 Å². The Morgan fingerprint density at radius 2 is 0.606 bits per heavy atom. The van der Waals surface area contributed by atoms with Gasteiger partial charge in [0, 0.05) is 0 Å². The van der Waals surface area contributed by atoms with Crippen molar-refractivity contribution in [2.45, 2.75) is 10.8 Å². The number of fused-ring (bicyclic) bond motifs is 8. The lowest BCUT2D eigenvalue weighted by Crippen LogP contribution is -2.28. The molecule has 66 heavy (non-hydrogen) atoms. The maximum atomic E-state index is 9.35. The lowest BCUT2D eigenvalue weighted by Gasteiger charge is -2.34. The van der Waals surface area contributed by atoms with E-state index in [0.717, 1.165) is 44.2 Å². The molecule has 0 amide bonds. The summed E-state index contributed by atoms with van der Waals surface area (Å²) in [7, 11) is 0. The van der Waals surface area contributed by atoms with E-state index in [9.17, 15) is 10.2 Å². The first-order chi connectivity index (χ1) is 32.6. The molecule has 0 unspecified atom stereocenters. The summed E-state index contributed by atoms with van der Waals surface area (Å²) in [6.07, 6.45) is 0. The molecule has 0 bridgehead atoms. The fraction of sp³-hybridized carbons (Fsp3) is 0.0968. The van der Waals surface area contributed by atoms with Gasteiger partial charge in [0.05, 0.1) is 24.0 Å². The van der Waals surface area contributed by atoms with E-state index in [1.807, 2.05) is 12.1 Å². The predicted molar refractivity (Wildman–Crippen MR) is 267 cm³/mol. The Kier molecular flexibility index (Phi) is 9.67. The van der Waals surface area contributed by atoms with E-state index in [1.165, 1.54) is 66.8 Å². The van der Waals surface area contributed by atoms with Crippen LogP contribution in [0.3, 0.4) is 0 Å². The van der Waals surface area contributed by atoms with Gasteiger partial charge in [-0.1, -0.05) is 182 Å². The molecule has 0 aromatic heterocycles. The van der Waals surface area contributed by atoms with Gasteiger partial charge >= 0.3 is 0 Å². The maximum Gasteiger partial charge on any atom is 0.120 e. The molecule has 2 N–H and O–H groups in total. The molecule has 0 aliphatic heterocycles. The van der Waals surface area contributed by atoms with Crippen LogP contribution in [-0.2, 0) is 10.8 Å². The first kappa shape index (κ1) is 39.8. The zero-order chi connectivity index (χ0) is 44.2. The van der Waals surface area contributed by atoms with E-state index in [-0.39, 0.29) is 26.4 Å². The summed E-state index contributed by atoms with van der Waals surface area (Å²) >= 11 is 0. The van der Waals surface area contributed by atoms with Gasteiger partial charge in [0.2, 0.25) is 0 Å². The van der Waals surface area contributed by atoms with E-state index >= 15 is 0 Å². The lowest BCUT2D eigenvalue weighted by atomic mass is 9.67. The van der Waals surface area contributed by atoms with E-state index in [1.54, 1.807) is 0 Å². The standard InChI is InChI=1S/C62H46O4/c63-33-35-65-51-31-23-43-37-49(29-21-45(43)39-51)61(57-13-5-1-9-53(57)54-10-2-6-14-58(54)61)47-25-17-41(18-26-47)42-19-27-48(28-20-42)62(59-15-7-3-11-55(59)56-12-4-8-16-60(56)62)50-30-22-46-40-52(66-36-34-64)32-24-44(46)38-50/h1-32,37-40,63-64H,33-36H2. The van der Waals surface area contributed by atoms with Crippen LogP contribution in [0.15, 0.2) is 218 Å². The van der Waals surface area contributed by atoms with Gasteiger partial charge in [0.15, 0.2) is 0 Å². The molecule has 0 atom stereocenters. The third kappa shape index (κ3) is 6.06. The van der Waals surface area contributed by atoms with Crippen LogP contribution in [-0.4, -0.2) is 36.6 Å². The Labute approximate surface area is 384 Å². The largest absolute Gasteiger partial charge is 0.491 e. The highest BCUT2D eigenvalue weighted by Crippen LogP contribution is 2.58. The van der Waals surface area contributed by atoms with Crippen molar-refractivity contribution < 1.29 is 19.7 Å². The lowest BCUT2D eigenvalue weighted by molar-refractivity contribution is 0.201. The van der Waals surface area contributed by atoms with Crippen molar-refractivity contribution in [2.24, 2.45) is 0 Å². The third-order valence-electron chi connectivity index (χ3n) is 14.1. The highest BCUT2D eigenvalue weighted by molar-refractivity contribution is 5.92. The van der Waals surface area contributed by atoms with Crippen LogP contribution in [0.2, 0.25) is 0 Å². The first-order valence-electron chi connectivity index (χ1n) is 22.8. The van der Waals surface area contributed by atoms with Crippen LogP contribution in [0.1, 0.15) is 44.5 Å². The zero-order valence-corrected chi connectivity index (χ0v) is 36.3. The molecule has 4 nitrogen and oxygen atoms in total. The van der Waals surface area contributed by atoms with Gasteiger partial charge in [0.25, 0.3) is 0 Å². The molecule has 0 saturated carbocycles. The Balaban J connectivity index is 0.970. The SMILES string of the molecule is OCCOc1ccc2cc(C3(c4ccc(-c5ccc(C6(c7ccc8cc(OCCO)ccc8c7)c7ccccc7-c7ccccc76)cc5)cc4)c4ccccc4-c4ccccc43)ccc2c1. The molecule has 2 aliphatic rings. The summed E-state index contributed by atoms with van der Waals surface area (Å²) in [5, 5.41) is 23.2. The van der Waals surface area contributed by atoms with Crippen LogP contribution in [0, 0.1) is 0 Å². The molecule has 10 aromatic rings. The summed E-state index contributed by atoms with van der Waals surface area (Å²) in [4.78, 5) is 0. The minimum absolute atomic E-state index is 0.0224. The summed E-state index contributed by atoms with van der Waals surface area (Å²) in [5.74, 6) is 1.50. The molecular weight excluding hydrogens is 809 g/mol. The maximum absolute atomic E-state index is 9.35. The van der Waals surface area contributed by atoms with Gasteiger partial charge in [-0.2, -0.15) is 0 Å². The fourth-order valence-electron chi connectivity index (χ4n) is 11.3. The highest BCUT2D eigenvalue weighted by Gasteiger charge is 2.47. The van der Waals surface area contributed by atoms with Crippen LogP contribution in [0.25, 0.3) is 54.9 Å². The molecule has 10 aromatic carbocycles. The van der Waals surface area contributed by atoms with Gasteiger partial charge in [-0.3, -0.25) is 0 Å². The summed E-state index contributed by atoms with van der Waals surface area (Å²) in [6.45, 7) is 0.485. The third-order valence-corrected chi connectivity index (χ3v) is 14.1. The molecular formula is C62H46O4. The predicted octanol–water partition coefficient (Wildman–Crippen LogP) is 13.1. The second-order valence-electron chi connectivity index (χ2n) is 17.4. The second-order valence-corrected chi connectivity index (χ2v) is 17.4. The van der Waals surface area contributed by atoms with Gasteiger partial charge in [-0.25, -0.2) is 0 Å². The molecule has 0 radical (unpaired) electrons. The minimum atomic E-state index is -0.542. The summed E-state index contributed by atoms with van der Waals surface area (Å²) in [6, 6.07) is 79.9. The minimum Gasteiger partial charge on any atom is -0.491 e. The number of hydrogen-bond donors (Lipinski definition) is 2. The molecule has 4 heteroatoms. The smallest absolute Gasteiger partial charge is 0.120 e.